The second-order valence-corrected chi connectivity index (χ2v) is 16.3. The fourth-order valence-corrected chi connectivity index (χ4v) is 11.0. The van der Waals surface area contributed by atoms with E-state index < -0.39 is 17.9 Å². The van der Waals surface area contributed by atoms with Gasteiger partial charge in [-0.15, -0.1) is 0 Å². The quantitative estimate of drug-likeness (QED) is 0.0927. The average Bonchev–Trinajstić information content (AvgIpc) is 3.47. The predicted molar refractivity (Wildman–Crippen MR) is 194 cm³/mol. The van der Waals surface area contributed by atoms with Crippen LogP contribution in [0.5, 0.6) is 23.0 Å². The van der Waals surface area contributed by atoms with Gasteiger partial charge in [0.15, 0.2) is 23.0 Å². The molecule has 10 atom stereocenters. The van der Waals surface area contributed by atoms with Crippen LogP contribution in [0, 0.1) is 46.3 Å². The Morgan fingerprint density at radius 3 is 2.00 bits per heavy atom. The molecular formula is C42H52O10. The van der Waals surface area contributed by atoms with Gasteiger partial charge in [-0.05, 0) is 146 Å². The van der Waals surface area contributed by atoms with Gasteiger partial charge < -0.3 is 35.0 Å². The molecule has 0 amide bonds. The summed E-state index contributed by atoms with van der Waals surface area (Å²) < 4.78 is 12.4. The third kappa shape index (κ3) is 7.39. The number of carbonyl (C=O) groups excluding carboxylic acids is 2. The summed E-state index contributed by atoms with van der Waals surface area (Å²) in [6.07, 6.45) is 13.1. The number of ether oxygens (including phenoxy) is 2. The molecule has 4 fully saturated rings. The SMILES string of the molecule is CC(CCC(=O)O)C1CC[C@H]2[C@@H]3CCC4C[C@H](OC(=O)/C=C/c5ccc(O)c(O)c5)CC[C@]4(C)[C@H]3C[C@H](OC(=O)/C=C/c3ccc(O)c(O)c3)[C@]12C. The van der Waals surface area contributed by atoms with Crippen LogP contribution < -0.4 is 0 Å². The van der Waals surface area contributed by atoms with E-state index in [0.717, 1.165) is 51.4 Å². The van der Waals surface area contributed by atoms with Gasteiger partial charge in [0.2, 0.25) is 0 Å². The lowest BCUT2D eigenvalue weighted by molar-refractivity contribution is -0.196. The van der Waals surface area contributed by atoms with E-state index in [1.165, 1.54) is 36.4 Å². The van der Waals surface area contributed by atoms with E-state index in [-0.39, 0.29) is 64.3 Å². The molecule has 280 valence electrons. The summed E-state index contributed by atoms with van der Waals surface area (Å²) >= 11 is 0. The highest BCUT2D eigenvalue weighted by molar-refractivity contribution is 5.88. The molecule has 10 nitrogen and oxygen atoms in total. The molecule has 5 N–H and O–H groups in total. The van der Waals surface area contributed by atoms with Gasteiger partial charge in [-0.3, -0.25) is 4.79 Å². The fraction of sp³-hybridized carbons (Fsp3) is 0.548. The van der Waals surface area contributed by atoms with Crippen LogP contribution in [0.15, 0.2) is 48.6 Å². The Balaban J connectivity index is 1.19. The largest absolute Gasteiger partial charge is 0.504 e. The van der Waals surface area contributed by atoms with Crippen LogP contribution in [0.25, 0.3) is 12.2 Å². The van der Waals surface area contributed by atoms with Crippen LogP contribution in [0.2, 0.25) is 0 Å². The van der Waals surface area contributed by atoms with Crippen molar-refractivity contribution in [3.05, 3.63) is 59.7 Å². The Labute approximate surface area is 305 Å². The number of fused-ring (bicyclic) bond motifs is 5. The summed E-state index contributed by atoms with van der Waals surface area (Å²) in [6, 6.07) is 8.70. The van der Waals surface area contributed by atoms with Crippen molar-refractivity contribution in [1.82, 2.24) is 0 Å². The van der Waals surface area contributed by atoms with Crippen LogP contribution in [0.3, 0.4) is 0 Å². The van der Waals surface area contributed by atoms with Crippen LogP contribution in [-0.2, 0) is 23.9 Å². The molecule has 4 saturated carbocycles. The van der Waals surface area contributed by atoms with Gasteiger partial charge in [0.05, 0.1) is 0 Å². The van der Waals surface area contributed by atoms with Crippen molar-refractivity contribution in [3.63, 3.8) is 0 Å². The summed E-state index contributed by atoms with van der Waals surface area (Å²) in [6.45, 7) is 6.80. The molecule has 4 aliphatic carbocycles. The van der Waals surface area contributed by atoms with E-state index in [1.54, 1.807) is 24.3 Å². The lowest BCUT2D eigenvalue weighted by Gasteiger charge is -2.62. The number of hydrogen-bond acceptors (Lipinski definition) is 9. The van der Waals surface area contributed by atoms with Crippen molar-refractivity contribution in [2.75, 3.05) is 0 Å². The number of aromatic hydroxyl groups is 4. The smallest absolute Gasteiger partial charge is 0.331 e. The minimum atomic E-state index is -0.801. The van der Waals surface area contributed by atoms with Gasteiger partial charge in [-0.2, -0.15) is 0 Å². The van der Waals surface area contributed by atoms with E-state index in [0.29, 0.717) is 41.2 Å². The molecule has 3 unspecified atom stereocenters. The number of carboxylic acids is 1. The Kier molecular flexibility index (Phi) is 10.7. The number of carboxylic acid groups (broad SMARTS) is 1. The van der Waals surface area contributed by atoms with Crippen molar-refractivity contribution in [1.29, 1.82) is 0 Å². The number of phenolic OH excluding ortho intramolecular Hbond substituents is 4. The zero-order valence-electron chi connectivity index (χ0n) is 30.2. The van der Waals surface area contributed by atoms with Gasteiger partial charge in [-0.1, -0.05) is 32.9 Å². The fourth-order valence-electron chi connectivity index (χ4n) is 11.0. The van der Waals surface area contributed by atoms with Crippen molar-refractivity contribution in [3.8, 4) is 23.0 Å². The molecule has 0 saturated heterocycles. The molecule has 0 spiro atoms. The summed E-state index contributed by atoms with van der Waals surface area (Å²) in [4.78, 5) is 37.9. The van der Waals surface area contributed by atoms with E-state index in [1.807, 2.05) is 0 Å². The topological polar surface area (TPSA) is 171 Å². The third-order valence-electron chi connectivity index (χ3n) is 13.6. The number of esters is 2. The van der Waals surface area contributed by atoms with Crippen molar-refractivity contribution >= 4 is 30.1 Å². The van der Waals surface area contributed by atoms with Gasteiger partial charge in [-0.25, -0.2) is 9.59 Å². The minimum absolute atomic E-state index is 0.0242. The van der Waals surface area contributed by atoms with Crippen molar-refractivity contribution < 1.29 is 49.4 Å². The summed E-state index contributed by atoms with van der Waals surface area (Å²) in [5.41, 5.74) is 0.790. The first-order chi connectivity index (χ1) is 24.7. The number of aliphatic carboxylic acids is 1. The maximum absolute atomic E-state index is 13.5. The van der Waals surface area contributed by atoms with E-state index in [4.69, 9.17) is 9.47 Å². The Bertz CT molecular complexity index is 1730. The number of carbonyl (C=O) groups is 3. The third-order valence-corrected chi connectivity index (χ3v) is 13.6. The Morgan fingerprint density at radius 1 is 0.788 bits per heavy atom. The summed E-state index contributed by atoms with van der Waals surface area (Å²) in [7, 11) is 0. The molecular weight excluding hydrogens is 664 g/mol. The standard InChI is InChI=1S/C42H52O10/c1-24(4-15-38(47)48)30-11-12-31-29-10-9-27-22-28(51-39(49)16-7-25-5-13-33(43)35(45)20-25)18-19-41(27,2)32(29)23-37(42(30,31)3)52-40(50)17-8-26-6-14-34(44)36(46)21-26/h5-8,13-14,16-17,20-21,24,27-32,37,43-46H,4,9-12,15,18-19,22-23H2,1-3H3,(H,47,48)/b16-7+,17-8+/t24?,27?,28-,29+,30?,31+,32+,37+,41+,42-/m1/s1. The van der Waals surface area contributed by atoms with Gasteiger partial charge in [0.25, 0.3) is 0 Å². The highest BCUT2D eigenvalue weighted by Gasteiger charge is 2.65. The first kappa shape index (κ1) is 37.3. The molecule has 0 aromatic heterocycles. The number of phenols is 4. The molecule has 6 rings (SSSR count). The maximum Gasteiger partial charge on any atom is 0.331 e. The normalized spacial score (nSPS) is 33.2. The van der Waals surface area contributed by atoms with Crippen LogP contribution >= 0.6 is 0 Å². The molecule has 2 aromatic carbocycles. The van der Waals surface area contributed by atoms with Crippen molar-refractivity contribution in [2.24, 2.45) is 46.3 Å². The zero-order chi connectivity index (χ0) is 37.4. The van der Waals surface area contributed by atoms with E-state index in [2.05, 4.69) is 20.8 Å². The first-order valence-electron chi connectivity index (χ1n) is 18.7. The van der Waals surface area contributed by atoms with Crippen LogP contribution in [0.4, 0.5) is 0 Å². The monoisotopic (exact) mass is 716 g/mol. The van der Waals surface area contributed by atoms with Gasteiger partial charge in [0.1, 0.15) is 12.2 Å². The maximum atomic E-state index is 13.5. The van der Waals surface area contributed by atoms with E-state index >= 15 is 0 Å². The first-order valence-corrected chi connectivity index (χ1v) is 18.7. The van der Waals surface area contributed by atoms with Gasteiger partial charge >= 0.3 is 17.9 Å². The Morgan fingerprint density at radius 2 is 1.40 bits per heavy atom. The lowest BCUT2D eigenvalue weighted by atomic mass is 9.43. The second kappa shape index (κ2) is 14.9. The van der Waals surface area contributed by atoms with Crippen LogP contribution in [0.1, 0.15) is 96.1 Å². The van der Waals surface area contributed by atoms with Gasteiger partial charge in [0, 0.05) is 24.0 Å². The molecule has 0 bridgehead atoms. The Hall–Kier alpha value is -4.47. The predicted octanol–water partition coefficient (Wildman–Crippen LogP) is 7.83. The van der Waals surface area contributed by atoms with Crippen molar-refractivity contribution in [2.45, 2.75) is 97.2 Å². The molecule has 10 heteroatoms. The molecule has 52 heavy (non-hydrogen) atoms. The van der Waals surface area contributed by atoms with Crippen LogP contribution in [-0.4, -0.2) is 55.6 Å². The minimum Gasteiger partial charge on any atom is -0.504 e. The van der Waals surface area contributed by atoms with E-state index in [9.17, 15) is 39.9 Å². The second-order valence-electron chi connectivity index (χ2n) is 16.3. The summed E-state index contributed by atoms with van der Waals surface area (Å²) in [5.74, 6) is -0.903. The zero-order valence-corrected chi connectivity index (χ0v) is 30.2. The number of rotatable bonds is 10. The lowest BCUT2D eigenvalue weighted by Crippen LogP contribution is -2.59. The average molecular weight is 717 g/mol. The molecule has 0 heterocycles. The highest BCUT2D eigenvalue weighted by Crippen LogP contribution is 2.69. The number of hydrogen-bond donors (Lipinski definition) is 5. The number of benzene rings is 2. The molecule has 4 aliphatic rings. The molecule has 2 aromatic rings. The molecule has 0 radical (unpaired) electrons. The molecule has 0 aliphatic heterocycles. The highest BCUT2D eigenvalue weighted by atomic mass is 16.5. The summed E-state index contributed by atoms with van der Waals surface area (Å²) in [5, 5.41) is 48.4.